The van der Waals surface area contributed by atoms with Gasteiger partial charge in [0.05, 0.1) is 22.3 Å². The minimum Gasteiger partial charge on any atom is -0.459 e. The van der Waals surface area contributed by atoms with Crippen LogP contribution in [0.1, 0.15) is 22.6 Å². The summed E-state index contributed by atoms with van der Waals surface area (Å²) in [5, 5.41) is 5.02. The van der Waals surface area contributed by atoms with E-state index in [9.17, 15) is 9.59 Å². The third-order valence-electron chi connectivity index (χ3n) is 5.16. The zero-order chi connectivity index (χ0) is 22.4. The van der Waals surface area contributed by atoms with E-state index in [-0.39, 0.29) is 18.6 Å². The lowest BCUT2D eigenvalue weighted by atomic mass is 10.1. The van der Waals surface area contributed by atoms with Gasteiger partial charge in [0, 0.05) is 23.0 Å². The predicted octanol–water partition coefficient (Wildman–Crippen LogP) is 2.97. The van der Waals surface area contributed by atoms with Crippen LogP contribution >= 0.6 is 23.1 Å². The second-order valence-electron chi connectivity index (χ2n) is 7.18. The number of esters is 1. The molecule has 0 saturated heterocycles. The molecule has 1 aromatic carbocycles. The molecule has 0 unspecified atom stereocenters. The highest BCUT2D eigenvalue weighted by Gasteiger charge is 2.17. The van der Waals surface area contributed by atoms with E-state index in [4.69, 9.17) is 4.74 Å². The van der Waals surface area contributed by atoms with Gasteiger partial charge in [-0.05, 0) is 32.2 Å². The summed E-state index contributed by atoms with van der Waals surface area (Å²) in [5.41, 5.74) is 3.27. The zero-order valence-corrected chi connectivity index (χ0v) is 19.2. The van der Waals surface area contributed by atoms with Gasteiger partial charge < -0.3 is 4.74 Å². The summed E-state index contributed by atoms with van der Waals surface area (Å²) in [6, 6.07) is 9.04. The lowest BCUT2D eigenvalue weighted by Crippen LogP contribution is -2.17. The summed E-state index contributed by atoms with van der Waals surface area (Å²) in [7, 11) is 0. The van der Waals surface area contributed by atoms with Crippen molar-refractivity contribution in [3.05, 3.63) is 63.3 Å². The Morgan fingerprint density at radius 3 is 2.81 bits per heavy atom. The van der Waals surface area contributed by atoms with E-state index in [0.717, 1.165) is 21.5 Å². The molecular weight excluding hydrogens is 448 g/mol. The average molecular weight is 467 g/mol. The number of hydrogen-bond donors (Lipinski definition) is 0. The van der Waals surface area contributed by atoms with Gasteiger partial charge in [-0.1, -0.05) is 35.2 Å². The fourth-order valence-corrected chi connectivity index (χ4v) is 4.97. The molecule has 0 aliphatic heterocycles. The normalized spacial score (nSPS) is 11.6. The molecular formula is C21H18N6O3S2. The van der Waals surface area contributed by atoms with Gasteiger partial charge in [-0.15, -0.1) is 5.10 Å². The lowest BCUT2D eigenvalue weighted by molar-refractivity contribution is -0.144. The van der Waals surface area contributed by atoms with Gasteiger partial charge in [-0.2, -0.15) is 4.98 Å². The molecule has 0 N–H and O–H groups in total. The fraction of sp³-hybridized carbons (Fsp3) is 0.238. The molecule has 9 nitrogen and oxygen atoms in total. The van der Waals surface area contributed by atoms with Crippen LogP contribution in [0.5, 0.6) is 0 Å². The van der Waals surface area contributed by atoms with Crippen LogP contribution in [0.15, 0.2) is 40.3 Å². The van der Waals surface area contributed by atoms with Gasteiger partial charge in [-0.3, -0.25) is 14.0 Å². The molecule has 5 aromatic rings. The summed E-state index contributed by atoms with van der Waals surface area (Å²) in [6.07, 6.45) is 1.93. The molecule has 0 radical (unpaired) electrons. The molecule has 0 spiro atoms. The van der Waals surface area contributed by atoms with E-state index in [2.05, 4.69) is 20.1 Å². The number of hydrogen-bond acceptors (Lipinski definition) is 9. The van der Waals surface area contributed by atoms with Crippen molar-refractivity contribution in [2.75, 3.05) is 6.26 Å². The van der Waals surface area contributed by atoms with Crippen molar-refractivity contribution in [3.63, 3.8) is 0 Å². The molecule has 11 heteroatoms. The third kappa shape index (κ3) is 3.53. The van der Waals surface area contributed by atoms with Crippen LogP contribution in [-0.2, 0) is 22.6 Å². The van der Waals surface area contributed by atoms with Gasteiger partial charge in [0.25, 0.3) is 11.3 Å². The van der Waals surface area contributed by atoms with E-state index in [1.165, 1.54) is 29.2 Å². The topological polar surface area (TPSA) is 104 Å². The first-order valence-electron chi connectivity index (χ1n) is 9.77. The maximum Gasteiger partial charge on any atom is 0.310 e. The number of benzene rings is 1. The third-order valence-corrected chi connectivity index (χ3v) is 6.72. The van der Waals surface area contributed by atoms with Crippen molar-refractivity contribution >= 4 is 50.0 Å². The number of carbonyl (C=O) groups excluding carboxylic acids is 1. The molecule has 4 heterocycles. The smallest absolute Gasteiger partial charge is 0.310 e. The van der Waals surface area contributed by atoms with Crippen LogP contribution in [0.3, 0.4) is 0 Å². The molecule has 5 rings (SSSR count). The highest BCUT2D eigenvalue weighted by molar-refractivity contribution is 7.98. The largest absolute Gasteiger partial charge is 0.459 e. The fourth-order valence-electron chi connectivity index (χ4n) is 3.58. The van der Waals surface area contributed by atoms with Crippen molar-refractivity contribution in [2.45, 2.75) is 32.0 Å². The summed E-state index contributed by atoms with van der Waals surface area (Å²) in [4.78, 5) is 39.1. The molecule has 162 valence electrons. The van der Waals surface area contributed by atoms with Crippen LogP contribution in [0, 0.1) is 13.8 Å². The van der Waals surface area contributed by atoms with Gasteiger partial charge in [0.2, 0.25) is 5.16 Å². The monoisotopic (exact) mass is 466 g/mol. The summed E-state index contributed by atoms with van der Waals surface area (Å²) in [5.74, 6) is 0.0728. The number of nitrogens with zero attached hydrogens (tertiary/aromatic N) is 6. The molecule has 0 bridgehead atoms. The highest BCUT2D eigenvalue weighted by Crippen LogP contribution is 2.23. The van der Waals surface area contributed by atoms with E-state index >= 15 is 0 Å². The van der Waals surface area contributed by atoms with E-state index in [1.54, 1.807) is 8.92 Å². The van der Waals surface area contributed by atoms with E-state index < -0.39 is 5.97 Å². The molecule has 32 heavy (non-hydrogen) atoms. The number of para-hydroxylation sites is 1. The zero-order valence-electron chi connectivity index (χ0n) is 17.5. The Hall–Kier alpha value is -3.31. The first-order valence-corrected chi connectivity index (χ1v) is 11.8. The second kappa shape index (κ2) is 7.99. The van der Waals surface area contributed by atoms with Crippen molar-refractivity contribution < 1.29 is 9.53 Å². The van der Waals surface area contributed by atoms with Crippen molar-refractivity contribution in [1.29, 1.82) is 0 Å². The molecule has 0 aliphatic carbocycles. The van der Waals surface area contributed by atoms with Crippen LogP contribution in [0.4, 0.5) is 0 Å². The number of rotatable bonds is 5. The first-order chi connectivity index (χ1) is 15.4. The Morgan fingerprint density at radius 2 is 2.00 bits per heavy atom. The minimum absolute atomic E-state index is 0.0409. The van der Waals surface area contributed by atoms with Gasteiger partial charge >= 0.3 is 5.97 Å². The summed E-state index contributed by atoms with van der Waals surface area (Å²) < 4.78 is 9.61. The Morgan fingerprint density at radius 1 is 1.19 bits per heavy atom. The van der Waals surface area contributed by atoms with Gasteiger partial charge in [-0.25, -0.2) is 14.5 Å². The predicted molar refractivity (Wildman–Crippen MR) is 122 cm³/mol. The Labute approximate surface area is 190 Å². The number of thiazole rings is 1. The number of aromatic nitrogens is 6. The van der Waals surface area contributed by atoms with E-state index in [0.29, 0.717) is 27.3 Å². The average Bonchev–Trinajstić information content (AvgIpc) is 3.36. The van der Waals surface area contributed by atoms with Crippen LogP contribution < -0.4 is 5.56 Å². The first kappa shape index (κ1) is 20.6. The van der Waals surface area contributed by atoms with Crippen LogP contribution in [-0.4, -0.2) is 41.2 Å². The van der Waals surface area contributed by atoms with Gasteiger partial charge in [0.1, 0.15) is 6.61 Å². The van der Waals surface area contributed by atoms with Crippen molar-refractivity contribution in [1.82, 2.24) is 29.0 Å². The number of fused-ring (bicyclic) bond motifs is 4. The number of carbonyl (C=O) groups is 1. The molecule has 4 aromatic heterocycles. The number of ether oxygens (including phenoxy) is 1. The maximum absolute atomic E-state index is 12.6. The summed E-state index contributed by atoms with van der Waals surface area (Å²) >= 11 is 2.85. The summed E-state index contributed by atoms with van der Waals surface area (Å²) in [6.45, 7) is 3.63. The molecule has 0 atom stereocenters. The minimum atomic E-state index is -0.430. The van der Waals surface area contributed by atoms with Crippen molar-refractivity contribution in [3.8, 4) is 0 Å². The number of thioether (sulfide) groups is 1. The molecule has 0 fully saturated rings. The SMILES string of the molecule is CSc1nc2nc(C)c(CC(=O)OCc3cc(=O)n4c(n3)sc3ccccc34)c(C)n2n1. The molecule has 0 amide bonds. The van der Waals surface area contributed by atoms with E-state index in [1.807, 2.05) is 44.4 Å². The Balaban J connectivity index is 1.36. The lowest BCUT2D eigenvalue weighted by Gasteiger charge is -2.10. The Kier molecular flexibility index (Phi) is 5.14. The van der Waals surface area contributed by atoms with Crippen LogP contribution in [0.25, 0.3) is 21.0 Å². The van der Waals surface area contributed by atoms with Crippen molar-refractivity contribution in [2.24, 2.45) is 0 Å². The molecule has 0 aliphatic rings. The second-order valence-corrected chi connectivity index (χ2v) is 8.96. The maximum atomic E-state index is 12.6. The highest BCUT2D eigenvalue weighted by atomic mass is 32.2. The van der Waals surface area contributed by atoms with Crippen LogP contribution in [0.2, 0.25) is 0 Å². The standard InChI is InChI=1S/C21H18N6O3S2/c1-11-14(12(2)27-19(22-11)24-20(25-27)31-3)9-18(29)30-10-13-8-17(28)26-15-6-4-5-7-16(15)32-21(26)23-13/h4-8H,9-10H2,1-3H3. The Bertz CT molecular complexity index is 1570. The van der Waals surface area contributed by atoms with Gasteiger partial charge in [0.15, 0.2) is 4.96 Å². The molecule has 0 saturated carbocycles. The number of aryl methyl sites for hydroxylation is 2. The quantitative estimate of drug-likeness (QED) is 0.288.